The van der Waals surface area contributed by atoms with Crippen molar-refractivity contribution in [3.8, 4) is 5.69 Å². The standard InChI is InChI=1S/C27H24F3N5S/c1-17-15-20(18(2)35(17)23-9-4-3-7-21(23)27(28,29)30)25-24(22-8-5-6-12-32-22)33-26(36)34(25)16-19-10-13-31-14-11-19/h3-15,24-25H,16H2,1-2H3,(H,33,36)/t24-,25-/m0/s1. The van der Waals surface area contributed by atoms with Crippen LogP contribution in [0.5, 0.6) is 0 Å². The molecule has 0 bridgehead atoms. The van der Waals surface area contributed by atoms with Crippen LogP contribution < -0.4 is 5.32 Å². The van der Waals surface area contributed by atoms with Crippen molar-refractivity contribution in [2.45, 2.75) is 38.7 Å². The molecule has 4 heterocycles. The molecule has 1 aliphatic rings. The molecule has 0 aliphatic carbocycles. The molecule has 4 aromatic rings. The van der Waals surface area contributed by atoms with Gasteiger partial charge in [-0.1, -0.05) is 18.2 Å². The number of benzene rings is 1. The van der Waals surface area contributed by atoms with E-state index in [0.717, 1.165) is 28.6 Å². The molecule has 0 amide bonds. The molecule has 0 saturated carbocycles. The highest BCUT2D eigenvalue weighted by molar-refractivity contribution is 7.80. The van der Waals surface area contributed by atoms with Gasteiger partial charge in [0.25, 0.3) is 0 Å². The van der Waals surface area contributed by atoms with Gasteiger partial charge in [0.15, 0.2) is 5.11 Å². The zero-order valence-corrected chi connectivity index (χ0v) is 20.5. The van der Waals surface area contributed by atoms with Gasteiger partial charge in [-0.2, -0.15) is 13.2 Å². The number of hydrogen-bond acceptors (Lipinski definition) is 3. The molecule has 9 heteroatoms. The van der Waals surface area contributed by atoms with Crippen LogP contribution in [0.1, 0.15) is 45.9 Å². The van der Waals surface area contributed by atoms with Crippen molar-refractivity contribution in [1.29, 1.82) is 0 Å². The molecule has 5 rings (SSSR count). The maximum absolute atomic E-state index is 13.9. The summed E-state index contributed by atoms with van der Waals surface area (Å²) in [7, 11) is 0. The number of para-hydroxylation sites is 1. The first-order chi connectivity index (χ1) is 17.3. The predicted octanol–water partition coefficient (Wildman–Crippen LogP) is 6.08. The van der Waals surface area contributed by atoms with Crippen LogP contribution in [0, 0.1) is 13.8 Å². The third-order valence-electron chi connectivity index (χ3n) is 6.54. The van der Waals surface area contributed by atoms with Crippen LogP contribution in [-0.4, -0.2) is 24.5 Å². The molecule has 0 radical (unpaired) electrons. The number of hydrogen-bond donors (Lipinski definition) is 1. The van der Waals surface area contributed by atoms with Crippen molar-refractivity contribution in [1.82, 2.24) is 24.8 Å². The van der Waals surface area contributed by atoms with Gasteiger partial charge >= 0.3 is 6.18 Å². The van der Waals surface area contributed by atoms with Gasteiger partial charge in [0, 0.05) is 36.5 Å². The van der Waals surface area contributed by atoms with Gasteiger partial charge in [0.05, 0.1) is 29.0 Å². The summed E-state index contributed by atoms with van der Waals surface area (Å²) in [6, 6.07) is 16.6. The minimum Gasteiger partial charge on any atom is -0.352 e. The summed E-state index contributed by atoms with van der Waals surface area (Å²) in [6.45, 7) is 4.20. The molecule has 1 aliphatic heterocycles. The van der Waals surface area contributed by atoms with Gasteiger partial charge in [0.1, 0.15) is 0 Å². The molecule has 5 nitrogen and oxygen atoms in total. The van der Waals surface area contributed by atoms with E-state index in [1.807, 2.05) is 50.2 Å². The number of nitrogens with zero attached hydrogens (tertiary/aromatic N) is 4. The summed E-state index contributed by atoms with van der Waals surface area (Å²) in [4.78, 5) is 10.7. The van der Waals surface area contributed by atoms with Crippen molar-refractivity contribution in [2.24, 2.45) is 0 Å². The SMILES string of the molecule is Cc1cc([C@H]2[C@H](c3ccccn3)NC(=S)N2Cc2ccncc2)c(C)n1-c1ccccc1C(F)(F)F. The second-order valence-electron chi connectivity index (χ2n) is 8.79. The number of halogens is 3. The van der Waals surface area contributed by atoms with Crippen molar-refractivity contribution in [3.63, 3.8) is 0 Å². The second-order valence-corrected chi connectivity index (χ2v) is 9.17. The van der Waals surface area contributed by atoms with Crippen LogP contribution in [0.2, 0.25) is 0 Å². The fraction of sp³-hybridized carbons (Fsp3) is 0.222. The molecule has 36 heavy (non-hydrogen) atoms. The summed E-state index contributed by atoms with van der Waals surface area (Å²) in [6.07, 6.45) is 0.714. The zero-order chi connectivity index (χ0) is 25.4. The lowest BCUT2D eigenvalue weighted by Gasteiger charge is -2.28. The second kappa shape index (κ2) is 9.39. The Morgan fingerprint density at radius 1 is 0.972 bits per heavy atom. The molecule has 184 valence electrons. The minimum absolute atomic E-state index is 0.106. The van der Waals surface area contributed by atoms with E-state index >= 15 is 0 Å². The van der Waals surface area contributed by atoms with Gasteiger partial charge in [-0.3, -0.25) is 9.97 Å². The Bertz CT molecular complexity index is 1390. The monoisotopic (exact) mass is 507 g/mol. The molecule has 2 atom stereocenters. The number of nitrogens with one attached hydrogen (secondary N) is 1. The van der Waals surface area contributed by atoms with Crippen LogP contribution in [0.25, 0.3) is 5.69 Å². The number of alkyl halides is 3. The Morgan fingerprint density at radius 3 is 2.39 bits per heavy atom. The van der Waals surface area contributed by atoms with Crippen molar-refractivity contribution < 1.29 is 13.2 Å². The lowest BCUT2D eigenvalue weighted by atomic mass is 9.96. The van der Waals surface area contributed by atoms with Crippen LogP contribution in [-0.2, 0) is 12.7 Å². The smallest absolute Gasteiger partial charge is 0.352 e. The first-order valence-electron chi connectivity index (χ1n) is 11.5. The molecule has 1 saturated heterocycles. The van der Waals surface area contributed by atoms with E-state index in [1.165, 1.54) is 12.1 Å². The average Bonchev–Trinajstić information content (AvgIpc) is 3.34. The fourth-order valence-corrected chi connectivity index (χ4v) is 5.27. The van der Waals surface area contributed by atoms with Crippen molar-refractivity contribution in [3.05, 3.63) is 113 Å². The third kappa shape index (κ3) is 4.35. The third-order valence-corrected chi connectivity index (χ3v) is 6.89. The number of pyridine rings is 2. The maximum Gasteiger partial charge on any atom is 0.418 e. The molecule has 1 fully saturated rings. The highest BCUT2D eigenvalue weighted by atomic mass is 32.1. The van der Waals surface area contributed by atoms with Crippen LogP contribution >= 0.6 is 12.2 Å². The Hall–Kier alpha value is -3.72. The lowest BCUT2D eigenvalue weighted by molar-refractivity contribution is -0.137. The zero-order valence-electron chi connectivity index (χ0n) is 19.7. The fourth-order valence-electron chi connectivity index (χ4n) is 4.97. The highest BCUT2D eigenvalue weighted by Gasteiger charge is 2.42. The van der Waals surface area contributed by atoms with E-state index in [-0.39, 0.29) is 17.8 Å². The molecular formula is C27H24F3N5S. The summed E-state index contributed by atoms with van der Waals surface area (Å²) >= 11 is 5.76. The van der Waals surface area contributed by atoms with Crippen molar-refractivity contribution >= 4 is 17.3 Å². The van der Waals surface area contributed by atoms with Crippen LogP contribution in [0.15, 0.2) is 79.3 Å². The summed E-state index contributed by atoms with van der Waals surface area (Å²) < 4.78 is 43.3. The topological polar surface area (TPSA) is 46.0 Å². The number of aryl methyl sites for hydroxylation is 1. The number of thiocarbonyl (C=S) groups is 1. The van der Waals surface area contributed by atoms with E-state index in [0.29, 0.717) is 17.4 Å². The molecule has 1 N–H and O–H groups in total. The molecular weight excluding hydrogens is 483 g/mol. The lowest BCUT2D eigenvalue weighted by Crippen LogP contribution is -2.29. The number of aromatic nitrogens is 3. The maximum atomic E-state index is 13.9. The highest BCUT2D eigenvalue weighted by Crippen LogP contribution is 2.43. The quantitative estimate of drug-likeness (QED) is 0.332. The minimum atomic E-state index is -4.47. The molecule has 0 spiro atoms. The molecule has 1 aromatic carbocycles. The normalized spacial score (nSPS) is 17.9. The average molecular weight is 508 g/mol. The van der Waals surface area contributed by atoms with Gasteiger partial charge in [0.2, 0.25) is 0 Å². The summed E-state index contributed by atoms with van der Waals surface area (Å²) in [5, 5.41) is 3.97. The Kier molecular flexibility index (Phi) is 6.26. The van der Waals surface area contributed by atoms with E-state index < -0.39 is 11.7 Å². The Morgan fingerprint density at radius 2 is 1.69 bits per heavy atom. The largest absolute Gasteiger partial charge is 0.418 e. The first-order valence-corrected chi connectivity index (χ1v) is 11.9. The first kappa shape index (κ1) is 24.0. The molecule has 0 unspecified atom stereocenters. The summed E-state index contributed by atoms with van der Waals surface area (Å²) in [5.74, 6) is 0. The predicted molar refractivity (Wildman–Crippen MR) is 135 cm³/mol. The Balaban J connectivity index is 1.65. The van der Waals surface area contributed by atoms with Gasteiger partial charge < -0.3 is 14.8 Å². The van der Waals surface area contributed by atoms with E-state index in [9.17, 15) is 13.2 Å². The van der Waals surface area contributed by atoms with E-state index in [2.05, 4.69) is 20.2 Å². The molecule has 3 aromatic heterocycles. The summed E-state index contributed by atoms with van der Waals surface area (Å²) in [5.41, 5.74) is 3.59. The van der Waals surface area contributed by atoms with Gasteiger partial charge in [-0.05, 0) is 79.7 Å². The van der Waals surface area contributed by atoms with Crippen molar-refractivity contribution in [2.75, 3.05) is 0 Å². The number of rotatable bonds is 5. The van der Waals surface area contributed by atoms with Gasteiger partial charge in [-0.15, -0.1) is 0 Å². The van der Waals surface area contributed by atoms with E-state index in [1.54, 1.807) is 29.2 Å². The van der Waals surface area contributed by atoms with Crippen LogP contribution in [0.4, 0.5) is 13.2 Å². The Labute approximate surface area is 212 Å². The van der Waals surface area contributed by atoms with Gasteiger partial charge in [-0.25, -0.2) is 0 Å². The van der Waals surface area contributed by atoms with Crippen LogP contribution in [0.3, 0.4) is 0 Å². The van der Waals surface area contributed by atoms with E-state index in [4.69, 9.17) is 12.2 Å².